The van der Waals surface area contributed by atoms with Crippen LogP contribution in [0.15, 0.2) is 30.3 Å². The molecule has 1 aromatic carbocycles. The fourth-order valence-corrected chi connectivity index (χ4v) is 3.09. The first-order valence-corrected chi connectivity index (χ1v) is 8.84. The third-order valence-electron chi connectivity index (χ3n) is 4.24. The largest absolute Gasteiger partial charge is 0.444 e. The van der Waals surface area contributed by atoms with Crippen LogP contribution in [0.1, 0.15) is 39.3 Å². The summed E-state index contributed by atoms with van der Waals surface area (Å²) in [6.45, 7) is 7.81. The molecule has 1 fully saturated rings. The summed E-state index contributed by atoms with van der Waals surface area (Å²) >= 11 is 0. The molecule has 1 N–H and O–H groups in total. The van der Waals surface area contributed by atoms with Gasteiger partial charge in [-0.05, 0) is 45.7 Å². The molecule has 2 aromatic rings. The van der Waals surface area contributed by atoms with Gasteiger partial charge in [0.2, 0.25) is 0 Å². The molecule has 0 spiro atoms. The maximum absolute atomic E-state index is 12.3. The second-order valence-electron chi connectivity index (χ2n) is 7.50. The first-order chi connectivity index (χ1) is 11.9. The Morgan fingerprint density at radius 1 is 1.32 bits per heavy atom. The van der Waals surface area contributed by atoms with Crippen molar-refractivity contribution in [1.29, 1.82) is 0 Å². The van der Waals surface area contributed by atoms with E-state index in [0.717, 1.165) is 42.5 Å². The van der Waals surface area contributed by atoms with Crippen molar-refractivity contribution in [1.82, 2.24) is 20.4 Å². The Morgan fingerprint density at radius 3 is 2.92 bits per heavy atom. The smallest absolute Gasteiger partial charge is 0.410 e. The Morgan fingerprint density at radius 2 is 2.12 bits per heavy atom. The third kappa shape index (κ3) is 4.66. The predicted molar refractivity (Wildman–Crippen MR) is 97.2 cm³/mol. The van der Waals surface area contributed by atoms with Crippen LogP contribution in [-0.4, -0.2) is 45.9 Å². The minimum atomic E-state index is -0.460. The van der Waals surface area contributed by atoms with E-state index in [1.165, 1.54) is 0 Å². The number of carbonyl (C=O) groups excluding carboxylic acids is 1. The Hall–Kier alpha value is -2.21. The van der Waals surface area contributed by atoms with Gasteiger partial charge in [0.25, 0.3) is 0 Å². The van der Waals surface area contributed by atoms with Crippen molar-refractivity contribution in [3.05, 3.63) is 36.0 Å². The molecule has 1 aromatic heterocycles. The summed E-state index contributed by atoms with van der Waals surface area (Å²) in [5.74, 6) is 0. The number of ether oxygens (including phenoxy) is 1. The zero-order valence-electron chi connectivity index (χ0n) is 15.2. The molecule has 25 heavy (non-hydrogen) atoms. The Bertz CT molecular complexity index is 742. The minimum Gasteiger partial charge on any atom is -0.444 e. The number of amides is 1. The van der Waals surface area contributed by atoms with E-state index in [-0.39, 0.29) is 12.1 Å². The summed E-state index contributed by atoms with van der Waals surface area (Å²) in [6, 6.07) is 10.2. The normalized spacial score (nSPS) is 17.9. The lowest BCUT2D eigenvalue weighted by Crippen LogP contribution is -2.44. The van der Waals surface area contributed by atoms with Crippen molar-refractivity contribution in [3.63, 3.8) is 0 Å². The fraction of sp³-hybridized carbons (Fsp3) is 0.526. The number of nitrogens with one attached hydrogen (secondary N) is 1. The molecule has 1 aliphatic rings. The van der Waals surface area contributed by atoms with Gasteiger partial charge in [-0.3, -0.25) is 0 Å². The molecule has 2 heterocycles. The predicted octanol–water partition coefficient (Wildman–Crippen LogP) is 3.12. The van der Waals surface area contributed by atoms with E-state index in [0.29, 0.717) is 6.54 Å². The Balaban J connectivity index is 1.54. The van der Waals surface area contributed by atoms with Gasteiger partial charge < -0.3 is 15.0 Å². The van der Waals surface area contributed by atoms with Gasteiger partial charge >= 0.3 is 6.09 Å². The van der Waals surface area contributed by atoms with Crippen molar-refractivity contribution < 1.29 is 9.53 Å². The first kappa shape index (κ1) is 17.6. The molecule has 3 rings (SSSR count). The molecule has 0 saturated carbocycles. The van der Waals surface area contributed by atoms with Gasteiger partial charge in [-0.15, -0.1) is 0 Å². The highest BCUT2D eigenvalue weighted by Gasteiger charge is 2.31. The first-order valence-electron chi connectivity index (χ1n) is 8.84. The van der Waals surface area contributed by atoms with Gasteiger partial charge in [-0.1, -0.05) is 18.2 Å². The van der Waals surface area contributed by atoms with Gasteiger partial charge in [-0.2, -0.15) is 10.2 Å². The molecule has 1 aliphatic heterocycles. The summed E-state index contributed by atoms with van der Waals surface area (Å²) in [5, 5.41) is 13.0. The van der Waals surface area contributed by atoms with Crippen LogP contribution in [-0.2, 0) is 11.3 Å². The summed E-state index contributed by atoms with van der Waals surface area (Å²) in [5.41, 5.74) is 1.34. The van der Waals surface area contributed by atoms with Crippen LogP contribution in [0.4, 0.5) is 4.79 Å². The molecule has 6 heteroatoms. The standard InChI is InChI=1S/C19H26N4O2/c1-19(2,3)25-18(24)23-10-6-8-16(23)13-20-12-15-11-14-7-4-5-9-17(14)22-21-15/h4-5,7,9,11,16,20H,6,8,10,12-13H2,1-3H3/t16-/m1/s1. The van der Waals surface area contributed by atoms with Gasteiger partial charge in [-0.25, -0.2) is 4.79 Å². The SMILES string of the molecule is CC(C)(C)OC(=O)N1CCC[C@@H]1CNCc1cc2ccccc2nn1. The van der Waals surface area contributed by atoms with Crippen LogP contribution >= 0.6 is 0 Å². The zero-order chi connectivity index (χ0) is 17.9. The third-order valence-corrected chi connectivity index (χ3v) is 4.24. The Kier molecular flexibility index (Phi) is 5.18. The van der Waals surface area contributed by atoms with Crippen molar-refractivity contribution in [2.75, 3.05) is 13.1 Å². The van der Waals surface area contributed by atoms with Crippen molar-refractivity contribution in [2.45, 2.75) is 51.8 Å². The van der Waals surface area contributed by atoms with E-state index in [1.54, 1.807) is 0 Å². The molecular formula is C19H26N4O2. The molecule has 0 bridgehead atoms. The molecule has 6 nitrogen and oxygen atoms in total. The lowest BCUT2D eigenvalue weighted by molar-refractivity contribution is 0.0226. The topological polar surface area (TPSA) is 67.3 Å². The number of hydrogen-bond donors (Lipinski definition) is 1. The van der Waals surface area contributed by atoms with E-state index in [2.05, 4.69) is 21.6 Å². The van der Waals surface area contributed by atoms with Crippen molar-refractivity contribution in [2.24, 2.45) is 0 Å². The van der Waals surface area contributed by atoms with Crippen LogP contribution in [0.5, 0.6) is 0 Å². The second kappa shape index (κ2) is 7.35. The molecule has 0 aliphatic carbocycles. The van der Waals surface area contributed by atoms with Gasteiger partial charge in [0.1, 0.15) is 5.60 Å². The monoisotopic (exact) mass is 342 g/mol. The van der Waals surface area contributed by atoms with Crippen molar-refractivity contribution in [3.8, 4) is 0 Å². The molecule has 0 unspecified atom stereocenters. The molecule has 0 radical (unpaired) electrons. The maximum Gasteiger partial charge on any atom is 0.410 e. The van der Waals surface area contributed by atoms with Crippen LogP contribution in [0, 0.1) is 0 Å². The van der Waals surface area contributed by atoms with Crippen LogP contribution in [0.25, 0.3) is 10.9 Å². The van der Waals surface area contributed by atoms with Crippen LogP contribution in [0.3, 0.4) is 0 Å². The number of likely N-dealkylation sites (tertiary alicyclic amines) is 1. The van der Waals surface area contributed by atoms with E-state index in [9.17, 15) is 4.79 Å². The lowest BCUT2D eigenvalue weighted by atomic mass is 10.2. The van der Waals surface area contributed by atoms with Gasteiger partial charge in [0, 0.05) is 31.1 Å². The highest BCUT2D eigenvalue weighted by Crippen LogP contribution is 2.20. The molecule has 134 valence electrons. The average molecular weight is 342 g/mol. The number of hydrogen-bond acceptors (Lipinski definition) is 5. The zero-order valence-corrected chi connectivity index (χ0v) is 15.2. The quantitative estimate of drug-likeness (QED) is 0.925. The Labute approximate surface area is 148 Å². The van der Waals surface area contributed by atoms with Crippen LogP contribution in [0.2, 0.25) is 0 Å². The maximum atomic E-state index is 12.3. The highest BCUT2D eigenvalue weighted by molar-refractivity contribution is 5.77. The van der Waals surface area contributed by atoms with Gasteiger partial charge in [0.15, 0.2) is 0 Å². The van der Waals surface area contributed by atoms with E-state index >= 15 is 0 Å². The highest BCUT2D eigenvalue weighted by atomic mass is 16.6. The molecule has 1 atom stereocenters. The van der Waals surface area contributed by atoms with Crippen molar-refractivity contribution >= 4 is 17.0 Å². The van der Waals surface area contributed by atoms with Gasteiger partial charge in [0.05, 0.1) is 11.2 Å². The second-order valence-corrected chi connectivity index (χ2v) is 7.50. The minimum absolute atomic E-state index is 0.170. The molecule has 1 saturated heterocycles. The lowest BCUT2D eigenvalue weighted by Gasteiger charge is -2.28. The average Bonchev–Trinajstić information content (AvgIpc) is 3.02. The molecular weight excluding hydrogens is 316 g/mol. The van der Waals surface area contributed by atoms with Crippen LogP contribution < -0.4 is 5.32 Å². The number of benzene rings is 1. The molecule has 1 amide bonds. The number of nitrogens with zero attached hydrogens (tertiary/aromatic N) is 3. The summed E-state index contributed by atoms with van der Waals surface area (Å²) < 4.78 is 5.50. The number of aromatic nitrogens is 2. The van der Waals surface area contributed by atoms with E-state index in [4.69, 9.17) is 4.74 Å². The number of carbonyl (C=O) groups is 1. The summed E-state index contributed by atoms with van der Waals surface area (Å²) in [7, 11) is 0. The number of rotatable bonds is 4. The summed E-state index contributed by atoms with van der Waals surface area (Å²) in [4.78, 5) is 14.1. The number of fused-ring (bicyclic) bond motifs is 1. The van der Waals surface area contributed by atoms with E-state index < -0.39 is 5.60 Å². The fourth-order valence-electron chi connectivity index (χ4n) is 3.09. The summed E-state index contributed by atoms with van der Waals surface area (Å²) in [6.07, 6.45) is 1.79. The van der Waals surface area contributed by atoms with E-state index in [1.807, 2.05) is 49.9 Å².